The van der Waals surface area contributed by atoms with Gasteiger partial charge in [-0.15, -0.1) is 0 Å². The molecule has 0 saturated heterocycles. The van der Waals surface area contributed by atoms with Crippen molar-refractivity contribution in [3.8, 4) is 0 Å². The van der Waals surface area contributed by atoms with Crippen LogP contribution in [0.15, 0.2) is 0 Å². The van der Waals surface area contributed by atoms with E-state index in [1.165, 1.54) is 5.28 Å². The predicted octanol–water partition coefficient (Wildman–Crippen LogP) is -1.31. The molecule has 0 amide bonds. The zero-order chi connectivity index (χ0) is 6.28. The first-order valence-electron chi connectivity index (χ1n) is 1.73. The summed E-state index contributed by atoms with van der Waals surface area (Å²) >= 11 is 2.58. The van der Waals surface area contributed by atoms with Crippen LogP contribution in [-0.4, -0.2) is 16.3 Å². The topological polar surface area (TPSA) is 63.2 Å². The molecular formula is C2H6AlO3P. The molecule has 0 spiro atoms. The summed E-state index contributed by atoms with van der Waals surface area (Å²) in [6.45, 7) is 2.09. The van der Waals surface area contributed by atoms with E-state index in [1.54, 1.807) is 0 Å². The van der Waals surface area contributed by atoms with Gasteiger partial charge >= 0.3 is 28.5 Å². The monoisotopic (exact) mass is 136 g/mol. The third kappa shape index (κ3) is 315. The average Bonchev–Trinajstić information content (AvgIpc) is 1.33. The fourth-order valence-corrected chi connectivity index (χ4v) is 0. The fourth-order valence-electron chi connectivity index (χ4n) is 0. The second kappa shape index (κ2) is 9.84. The first kappa shape index (κ1) is 10.6. The molecule has 0 aromatic rings. The van der Waals surface area contributed by atoms with Crippen LogP contribution in [0.1, 0.15) is 6.92 Å². The maximum Gasteiger partial charge on any atom is -0.0813 e. The summed E-state index contributed by atoms with van der Waals surface area (Å²) in [5.41, 5.74) is 0. The van der Waals surface area contributed by atoms with Crippen molar-refractivity contribution in [2.24, 2.45) is 0 Å². The molecule has 0 aliphatic heterocycles. The molecule has 0 N–H and O–H groups in total. The number of hydrogen-bond donors (Lipinski definition) is 0. The molecule has 0 saturated carbocycles. The maximum absolute atomic E-state index is 8.52. The molecule has 40 valence electrons. The zero-order valence-electron chi connectivity index (χ0n) is 4.01. The Hall–Kier alpha value is 0.682. The first-order chi connectivity index (χ1) is 3.15. The van der Waals surface area contributed by atoms with Gasteiger partial charge in [-0.1, -0.05) is 8.25 Å². The molecule has 5 heteroatoms. The van der Waals surface area contributed by atoms with Crippen molar-refractivity contribution in [1.82, 2.24) is 0 Å². The third-order valence-electron chi connectivity index (χ3n) is 0. The minimum atomic E-state index is -3.63. The summed E-state index contributed by atoms with van der Waals surface area (Å²) in [6, 6.07) is 0. The molecule has 0 rings (SSSR count). The van der Waals surface area contributed by atoms with Gasteiger partial charge < -0.3 is 14.4 Å². The summed E-state index contributed by atoms with van der Waals surface area (Å²) in [5.74, 6) is 0. The van der Waals surface area contributed by atoms with Crippen molar-refractivity contribution < 1.29 is 14.4 Å². The van der Waals surface area contributed by atoms with Gasteiger partial charge in [-0.2, -0.15) is 0 Å². The molecule has 0 bridgehead atoms. The van der Waals surface area contributed by atoms with Gasteiger partial charge in [0.2, 0.25) is 0 Å². The summed E-state index contributed by atoms with van der Waals surface area (Å²) in [7, 11) is -3.63. The van der Waals surface area contributed by atoms with Crippen molar-refractivity contribution in [3.05, 3.63) is 0 Å². The Morgan fingerprint density at radius 3 is 1.71 bits per heavy atom. The standard InChI is InChI=1S/C2H5.Al.H3O3P/c1-2;;1-4(2)3/h1H2,2H3;;4H,(H2,1,2,3)/q;+2;/p-2. The smallest absolute Gasteiger partial charge is 0.0813 e. The largest absolute Gasteiger partial charge is 0.813 e. The molecule has 0 unspecified atom stereocenters. The van der Waals surface area contributed by atoms with Crippen LogP contribution in [0.2, 0.25) is 5.28 Å². The Kier molecular flexibility index (Phi) is 14.9. The van der Waals surface area contributed by atoms with Crippen LogP contribution in [0, 0.1) is 0 Å². The summed E-state index contributed by atoms with van der Waals surface area (Å²) in [6.07, 6.45) is 0. The van der Waals surface area contributed by atoms with Gasteiger partial charge in [-0.05, 0) is 0 Å². The number of rotatable bonds is 0. The van der Waals surface area contributed by atoms with Gasteiger partial charge in [0.15, 0.2) is 0 Å². The van der Waals surface area contributed by atoms with E-state index in [0.29, 0.717) is 0 Å². The Morgan fingerprint density at radius 2 is 1.71 bits per heavy atom. The van der Waals surface area contributed by atoms with Crippen LogP contribution in [0.25, 0.3) is 0 Å². The van der Waals surface area contributed by atoms with Gasteiger partial charge in [-0.25, -0.2) is 0 Å². The zero-order valence-corrected chi connectivity index (χ0v) is 6.16. The molecule has 0 aromatic carbocycles. The number of hydrogen-bond acceptors (Lipinski definition) is 3. The quantitative estimate of drug-likeness (QED) is 0.306. The summed E-state index contributed by atoms with van der Waals surface area (Å²) < 4.78 is 8.52. The third-order valence-corrected chi connectivity index (χ3v) is 0. The van der Waals surface area contributed by atoms with E-state index < -0.39 is 8.25 Å². The van der Waals surface area contributed by atoms with E-state index >= 15 is 0 Å². The maximum atomic E-state index is 8.52. The fraction of sp³-hybridized carbons (Fsp3) is 1.00. The van der Waals surface area contributed by atoms with Crippen molar-refractivity contribution >= 4 is 24.5 Å². The van der Waals surface area contributed by atoms with E-state index in [-0.39, 0.29) is 0 Å². The van der Waals surface area contributed by atoms with Gasteiger partial charge in [0.25, 0.3) is 0 Å². The van der Waals surface area contributed by atoms with E-state index in [0.717, 1.165) is 0 Å². The second-order valence-corrected chi connectivity index (χ2v) is 1.97. The Bertz CT molecular complexity index is 44.2. The molecular weight excluding hydrogens is 130 g/mol. The molecule has 0 aliphatic carbocycles. The van der Waals surface area contributed by atoms with Crippen molar-refractivity contribution in [1.29, 1.82) is 0 Å². The van der Waals surface area contributed by atoms with Crippen LogP contribution < -0.4 is 9.79 Å². The van der Waals surface area contributed by atoms with E-state index in [9.17, 15) is 0 Å². The van der Waals surface area contributed by atoms with Crippen LogP contribution in [-0.2, 0) is 4.57 Å². The average molecular weight is 136 g/mol. The summed E-state index contributed by atoms with van der Waals surface area (Å²) in [5, 5.41) is 1.17. The Labute approximate surface area is 51.7 Å². The van der Waals surface area contributed by atoms with Crippen molar-refractivity contribution in [3.63, 3.8) is 0 Å². The summed E-state index contributed by atoms with van der Waals surface area (Å²) in [4.78, 5) is 17.0. The Balaban J connectivity index is 0. The van der Waals surface area contributed by atoms with E-state index in [1.807, 2.05) is 0 Å². The van der Waals surface area contributed by atoms with Crippen LogP contribution in [0.4, 0.5) is 0 Å². The minimum absolute atomic E-state index is 1.17. The predicted molar refractivity (Wildman–Crippen MR) is 25.2 cm³/mol. The van der Waals surface area contributed by atoms with Crippen molar-refractivity contribution in [2.75, 3.05) is 0 Å². The molecule has 0 radical (unpaired) electrons. The Morgan fingerprint density at radius 1 is 1.71 bits per heavy atom. The molecule has 7 heavy (non-hydrogen) atoms. The van der Waals surface area contributed by atoms with Gasteiger partial charge in [-0.3, -0.25) is 0 Å². The molecule has 3 nitrogen and oxygen atoms in total. The van der Waals surface area contributed by atoms with Crippen LogP contribution in [0.5, 0.6) is 0 Å². The second-order valence-electron chi connectivity index (χ2n) is 0.658. The van der Waals surface area contributed by atoms with Gasteiger partial charge in [0.05, 0.1) is 0 Å². The van der Waals surface area contributed by atoms with E-state index in [4.69, 9.17) is 14.4 Å². The van der Waals surface area contributed by atoms with Gasteiger partial charge in [0.1, 0.15) is 0 Å². The molecule has 0 fully saturated rings. The normalized spacial score (nSPS) is 7.71. The molecule has 0 heterocycles. The minimum Gasteiger partial charge on any atom is -0.813 e. The van der Waals surface area contributed by atoms with Crippen LogP contribution in [0.3, 0.4) is 0 Å². The molecule has 0 aromatic heterocycles. The van der Waals surface area contributed by atoms with Crippen molar-refractivity contribution in [2.45, 2.75) is 12.2 Å². The molecule has 0 atom stereocenters. The van der Waals surface area contributed by atoms with Crippen LogP contribution >= 0.6 is 8.25 Å². The molecule has 0 aliphatic rings. The SMILES string of the molecule is C[CH2][Al+2].O=[PH]([O-])[O-]. The van der Waals surface area contributed by atoms with E-state index in [2.05, 4.69) is 23.2 Å². The first-order valence-corrected chi connectivity index (χ1v) is 3.77. The van der Waals surface area contributed by atoms with Gasteiger partial charge in [0, 0.05) is 0 Å².